The number of rotatable bonds is 3. The van der Waals surface area contributed by atoms with Crippen LogP contribution in [-0.4, -0.2) is 28.4 Å². The van der Waals surface area contributed by atoms with Crippen molar-refractivity contribution in [3.8, 4) is 0 Å². The van der Waals surface area contributed by atoms with Gasteiger partial charge in [0.05, 0.1) is 18.8 Å². The molecule has 1 aliphatic rings. The predicted molar refractivity (Wildman–Crippen MR) is 58.5 cm³/mol. The lowest BCUT2D eigenvalue weighted by Gasteiger charge is -2.29. The molecule has 1 aromatic heterocycles. The van der Waals surface area contributed by atoms with Gasteiger partial charge in [-0.3, -0.25) is 4.79 Å². The first-order valence-corrected chi connectivity index (χ1v) is 5.68. The van der Waals surface area contributed by atoms with E-state index in [0.29, 0.717) is 12.4 Å². The van der Waals surface area contributed by atoms with Crippen molar-refractivity contribution in [2.45, 2.75) is 38.8 Å². The number of piperidine rings is 1. The van der Waals surface area contributed by atoms with Crippen LogP contribution in [0.3, 0.4) is 0 Å². The zero-order valence-corrected chi connectivity index (χ0v) is 9.48. The maximum Gasteiger partial charge on any atom is 0.239 e. The molecular formula is C11H17N3O2. The topological polar surface area (TPSA) is 72.4 Å². The van der Waals surface area contributed by atoms with Gasteiger partial charge in [0, 0.05) is 13.0 Å². The molecule has 1 saturated heterocycles. The van der Waals surface area contributed by atoms with Gasteiger partial charge in [-0.05, 0) is 12.8 Å². The van der Waals surface area contributed by atoms with Crippen LogP contribution in [0.2, 0.25) is 0 Å². The average molecular weight is 223 g/mol. The Hall–Kier alpha value is -1.36. The summed E-state index contributed by atoms with van der Waals surface area (Å²) in [6, 6.07) is -0.352. The SMILES string of the molecule is CCc1cnc(CN2CCCC(N)C2=O)o1. The third kappa shape index (κ3) is 2.24. The first kappa shape index (κ1) is 11.1. The summed E-state index contributed by atoms with van der Waals surface area (Å²) in [5.41, 5.74) is 5.71. The van der Waals surface area contributed by atoms with E-state index in [0.717, 1.165) is 31.6 Å². The highest BCUT2D eigenvalue weighted by atomic mass is 16.4. The minimum Gasteiger partial charge on any atom is -0.444 e. The summed E-state index contributed by atoms with van der Waals surface area (Å²) in [5, 5.41) is 0. The van der Waals surface area contributed by atoms with Gasteiger partial charge >= 0.3 is 0 Å². The molecule has 1 aliphatic heterocycles. The third-order valence-corrected chi connectivity index (χ3v) is 2.85. The van der Waals surface area contributed by atoms with Crippen LogP contribution in [-0.2, 0) is 17.8 Å². The summed E-state index contributed by atoms with van der Waals surface area (Å²) in [5.74, 6) is 1.45. The Morgan fingerprint density at radius 3 is 3.19 bits per heavy atom. The van der Waals surface area contributed by atoms with Crippen LogP contribution in [0.5, 0.6) is 0 Å². The Morgan fingerprint density at radius 1 is 1.69 bits per heavy atom. The summed E-state index contributed by atoms with van der Waals surface area (Å²) < 4.78 is 5.47. The van der Waals surface area contributed by atoms with E-state index in [2.05, 4.69) is 4.98 Å². The Labute approximate surface area is 94.6 Å². The molecule has 1 fully saturated rings. The summed E-state index contributed by atoms with van der Waals surface area (Å²) in [4.78, 5) is 17.6. The minimum atomic E-state index is -0.352. The average Bonchev–Trinajstić information content (AvgIpc) is 2.73. The fourth-order valence-corrected chi connectivity index (χ4v) is 1.88. The van der Waals surface area contributed by atoms with Crippen molar-refractivity contribution in [3.63, 3.8) is 0 Å². The molecule has 2 rings (SSSR count). The fourth-order valence-electron chi connectivity index (χ4n) is 1.88. The van der Waals surface area contributed by atoms with E-state index in [4.69, 9.17) is 10.2 Å². The Kier molecular flexibility index (Phi) is 3.24. The molecule has 2 heterocycles. The molecule has 16 heavy (non-hydrogen) atoms. The first-order valence-electron chi connectivity index (χ1n) is 5.68. The Morgan fingerprint density at radius 2 is 2.50 bits per heavy atom. The largest absolute Gasteiger partial charge is 0.444 e. The zero-order chi connectivity index (χ0) is 11.5. The van der Waals surface area contributed by atoms with Crippen LogP contribution in [0.4, 0.5) is 0 Å². The number of aromatic nitrogens is 1. The van der Waals surface area contributed by atoms with Crippen LogP contribution in [0.1, 0.15) is 31.4 Å². The highest BCUT2D eigenvalue weighted by Gasteiger charge is 2.26. The fraction of sp³-hybridized carbons (Fsp3) is 0.636. The molecular weight excluding hydrogens is 206 g/mol. The van der Waals surface area contributed by atoms with Gasteiger partial charge in [-0.1, -0.05) is 6.92 Å². The molecule has 0 radical (unpaired) electrons. The van der Waals surface area contributed by atoms with Gasteiger partial charge in [-0.25, -0.2) is 4.98 Å². The lowest BCUT2D eigenvalue weighted by atomic mass is 10.1. The van der Waals surface area contributed by atoms with E-state index in [-0.39, 0.29) is 11.9 Å². The third-order valence-electron chi connectivity index (χ3n) is 2.85. The number of nitrogens with two attached hydrogens (primary N) is 1. The van der Waals surface area contributed by atoms with Crippen LogP contribution in [0.25, 0.3) is 0 Å². The second kappa shape index (κ2) is 4.65. The van der Waals surface area contributed by atoms with Crippen LogP contribution in [0, 0.1) is 0 Å². The number of amides is 1. The summed E-state index contributed by atoms with van der Waals surface area (Å²) in [6.07, 6.45) is 4.26. The number of carbonyl (C=O) groups excluding carboxylic acids is 1. The number of hydrogen-bond donors (Lipinski definition) is 1. The molecule has 2 N–H and O–H groups in total. The quantitative estimate of drug-likeness (QED) is 0.818. The lowest BCUT2D eigenvalue weighted by molar-refractivity contribution is -0.135. The van der Waals surface area contributed by atoms with Gasteiger partial charge in [0.25, 0.3) is 0 Å². The van der Waals surface area contributed by atoms with Crippen molar-refractivity contribution in [2.24, 2.45) is 5.73 Å². The molecule has 1 amide bonds. The Bertz CT molecular complexity index is 375. The van der Waals surface area contributed by atoms with Gasteiger partial charge in [0.2, 0.25) is 11.8 Å². The smallest absolute Gasteiger partial charge is 0.239 e. The monoisotopic (exact) mass is 223 g/mol. The Balaban J connectivity index is 2.00. The normalized spacial score (nSPS) is 21.5. The number of hydrogen-bond acceptors (Lipinski definition) is 4. The number of aryl methyl sites for hydroxylation is 1. The van der Waals surface area contributed by atoms with Gasteiger partial charge in [-0.2, -0.15) is 0 Å². The molecule has 0 spiro atoms. The number of carbonyl (C=O) groups is 1. The van der Waals surface area contributed by atoms with E-state index in [1.54, 1.807) is 11.1 Å². The molecule has 0 aliphatic carbocycles. The summed E-state index contributed by atoms with van der Waals surface area (Å²) >= 11 is 0. The molecule has 5 heteroatoms. The molecule has 88 valence electrons. The standard InChI is InChI=1S/C11H17N3O2/c1-2-8-6-13-10(16-8)7-14-5-3-4-9(12)11(14)15/h6,9H,2-5,7,12H2,1H3. The van der Waals surface area contributed by atoms with E-state index >= 15 is 0 Å². The van der Waals surface area contributed by atoms with Crippen molar-refractivity contribution in [3.05, 3.63) is 17.8 Å². The van der Waals surface area contributed by atoms with Gasteiger partial charge in [0.1, 0.15) is 5.76 Å². The molecule has 0 bridgehead atoms. The van der Waals surface area contributed by atoms with Gasteiger partial charge < -0.3 is 15.1 Å². The highest BCUT2D eigenvalue weighted by molar-refractivity contribution is 5.82. The predicted octanol–water partition coefficient (Wildman–Crippen LogP) is 0.687. The molecule has 5 nitrogen and oxygen atoms in total. The van der Waals surface area contributed by atoms with Crippen molar-refractivity contribution in [2.75, 3.05) is 6.54 Å². The maximum atomic E-state index is 11.7. The first-order chi connectivity index (χ1) is 7.70. The molecule has 0 saturated carbocycles. The summed E-state index contributed by atoms with van der Waals surface area (Å²) in [7, 11) is 0. The van der Waals surface area contributed by atoms with Crippen molar-refractivity contribution in [1.82, 2.24) is 9.88 Å². The van der Waals surface area contributed by atoms with Crippen molar-refractivity contribution in [1.29, 1.82) is 0 Å². The van der Waals surface area contributed by atoms with Gasteiger partial charge in [-0.15, -0.1) is 0 Å². The van der Waals surface area contributed by atoms with Crippen molar-refractivity contribution >= 4 is 5.91 Å². The van der Waals surface area contributed by atoms with E-state index < -0.39 is 0 Å². The van der Waals surface area contributed by atoms with Crippen molar-refractivity contribution < 1.29 is 9.21 Å². The number of oxazole rings is 1. The molecule has 1 unspecified atom stereocenters. The van der Waals surface area contributed by atoms with Gasteiger partial charge in [0.15, 0.2) is 0 Å². The lowest BCUT2D eigenvalue weighted by Crippen LogP contribution is -2.47. The van der Waals surface area contributed by atoms with E-state index in [1.807, 2.05) is 6.92 Å². The second-order valence-corrected chi connectivity index (χ2v) is 4.08. The highest BCUT2D eigenvalue weighted by Crippen LogP contribution is 2.14. The second-order valence-electron chi connectivity index (χ2n) is 4.08. The van der Waals surface area contributed by atoms with E-state index in [1.165, 1.54) is 0 Å². The summed E-state index contributed by atoms with van der Waals surface area (Å²) in [6.45, 7) is 3.19. The zero-order valence-electron chi connectivity index (χ0n) is 9.48. The number of nitrogens with zero attached hydrogens (tertiary/aromatic N) is 2. The molecule has 1 atom stereocenters. The van der Waals surface area contributed by atoms with Crippen LogP contribution in [0.15, 0.2) is 10.6 Å². The maximum absolute atomic E-state index is 11.7. The van der Waals surface area contributed by atoms with E-state index in [9.17, 15) is 4.79 Å². The number of likely N-dealkylation sites (tertiary alicyclic amines) is 1. The van der Waals surface area contributed by atoms with Crippen LogP contribution < -0.4 is 5.73 Å². The molecule has 0 aromatic carbocycles. The minimum absolute atomic E-state index is 0.00231. The molecule has 1 aromatic rings. The van der Waals surface area contributed by atoms with Crippen LogP contribution >= 0.6 is 0 Å².